The average Bonchev–Trinajstić information content (AvgIpc) is 2.69. The zero-order valence-corrected chi connectivity index (χ0v) is 15.4. The van der Waals surface area contributed by atoms with Gasteiger partial charge in [-0.15, -0.1) is 0 Å². The third kappa shape index (κ3) is 4.68. The summed E-state index contributed by atoms with van der Waals surface area (Å²) in [6.45, 7) is 1.35. The summed E-state index contributed by atoms with van der Waals surface area (Å²) in [5.41, 5.74) is 0.637. The maximum absolute atomic E-state index is 14.1. The van der Waals surface area contributed by atoms with Gasteiger partial charge >= 0.3 is 0 Å². The van der Waals surface area contributed by atoms with Gasteiger partial charge in [0.1, 0.15) is 5.82 Å². The van der Waals surface area contributed by atoms with Crippen molar-refractivity contribution in [1.29, 1.82) is 0 Å². The minimum Gasteiger partial charge on any atom is -0.379 e. The number of aromatic nitrogens is 1. The second-order valence-corrected chi connectivity index (χ2v) is 7.96. The van der Waals surface area contributed by atoms with Crippen molar-refractivity contribution in [2.24, 2.45) is 0 Å². The van der Waals surface area contributed by atoms with Crippen molar-refractivity contribution in [2.45, 2.75) is 11.3 Å². The van der Waals surface area contributed by atoms with Crippen LogP contribution in [0.15, 0.2) is 47.6 Å². The van der Waals surface area contributed by atoms with Crippen molar-refractivity contribution >= 4 is 15.9 Å². The quantitative estimate of drug-likeness (QED) is 0.797. The van der Waals surface area contributed by atoms with Crippen molar-refractivity contribution in [1.82, 2.24) is 14.6 Å². The molecule has 9 heteroatoms. The number of benzene rings is 1. The number of halogens is 1. The molecule has 1 amide bonds. The molecule has 1 fully saturated rings. The molecule has 1 aliphatic heterocycles. The summed E-state index contributed by atoms with van der Waals surface area (Å²) in [5, 5.41) is 2.61. The van der Waals surface area contributed by atoms with E-state index in [1.54, 1.807) is 18.5 Å². The zero-order chi connectivity index (χ0) is 19.3. The van der Waals surface area contributed by atoms with Gasteiger partial charge in [-0.25, -0.2) is 12.8 Å². The number of nitrogens with one attached hydrogen (secondary N) is 1. The van der Waals surface area contributed by atoms with Crippen LogP contribution in [0.3, 0.4) is 0 Å². The third-order valence-electron chi connectivity index (χ3n) is 4.21. The number of carbonyl (C=O) groups excluding carboxylic acids is 1. The fraction of sp³-hybridized carbons (Fsp3) is 0.333. The Kier molecular flexibility index (Phi) is 6.15. The van der Waals surface area contributed by atoms with Gasteiger partial charge in [0.05, 0.1) is 23.7 Å². The molecule has 0 bridgehead atoms. The van der Waals surface area contributed by atoms with Crippen molar-refractivity contribution < 1.29 is 22.3 Å². The topological polar surface area (TPSA) is 88.6 Å². The Bertz CT molecular complexity index is 900. The normalized spacial score (nSPS) is 15.4. The molecule has 144 valence electrons. The highest BCUT2D eigenvalue weighted by atomic mass is 32.2. The summed E-state index contributed by atoms with van der Waals surface area (Å²) in [7, 11) is -3.80. The molecular weight excluding hydrogens is 373 g/mol. The number of morpholine rings is 1. The van der Waals surface area contributed by atoms with Crippen LogP contribution < -0.4 is 5.32 Å². The molecule has 0 saturated carbocycles. The molecule has 0 radical (unpaired) electrons. The van der Waals surface area contributed by atoms with E-state index in [4.69, 9.17) is 4.74 Å². The van der Waals surface area contributed by atoms with E-state index in [2.05, 4.69) is 10.3 Å². The largest absolute Gasteiger partial charge is 0.379 e. The molecule has 1 aromatic heterocycles. The van der Waals surface area contributed by atoms with Crippen LogP contribution in [0.2, 0.25) is 0 Å². The fourth-order valence-corrected chi connectivity index (χ4v) is 4.17. The summed E-state index contributed by atoms with van der Waals surface area (Å²) < 4.78 is 45.9. The number of hydrogen-bond acceptors (Lipinski definition) is 5. The number of carbonyl (C=O) groups is 1. The van der Waals surface area contributed by atoms with Gasteiger partial charge in [0.25, 0.3) is 5.91 Å². The monoisotopic (exact) mass is 393 g/mol. The minimum atomic E-state index is -3.80. The van der Waals surface area contributed by atoms with Crippen molar-refractivity contribution in [3.63, 3.8) is 0 Å². The molecule has 27 heavy (non-hydrogen) atoms. The van der Waals surface area contributed by atoms with E-state index in [1.807, 2.05) is 6.07 Å². The van der Waals surface area contributed by atoms with Crippen LogP contribution in [0.5, 0.6) is 0 Å². The molecule has 2 aromatic rings. The van der Waals surface area contributed by atoms with Crippen LogP contribution >= 0.6 is 0 Å². The van der Waals surface area contributed by atoms with Crippen LogP contribution in [0.4, 0.5) is 4.39 Å². The Morgan fingerprint density at radius 3 is 2.74 bits per heavy atom. The zero-order valence-electron chi connectivity index (χ0n) is 14.6. The number of sulfonamides is 1. The van der Waals surface area contributed by atoms with Crippen LogP contribution in [0.1, 0.15) is 15.9 Å². The summed E-state index contributed by atoms with van der Waals surface area (Å²) in [4.78, 5) is 16.2. The maximum atomic E-state index is 14.1. The van der Waals surface area contributed by atoms with Gasteiger partial charge in [0, 0.05) is 32.0 Å². The van der Waals surface area contributed by atoms with E-state index in [0.717, 1.165) is 17.7 Å². The van der Waals surface area contributed by atoms with E-state index in [1.165, 1.54) is 10.4 Å². The smallest absolute Gasteiger partial charge is 0.254 e. The lowest BCUT2D eigenvalue weighted by atomic mass is 10.2. The van der Waals surface area contributed by atoms with Gasteiger partial charge in [-0.3, -0.25) is 9.78 Å². The molecule has 1 aromatic carbocycles. The van der Waals surface area contributed by atoms with E-state index < -0.39 is 21.7 Å². The SMILES string of the molecule is O=C(NCCc1cccnc1)c1cc(S(=O)(=O)N2CCOCC2)ccc1F. The molecule has 1 N–H and O–H groups in total. The summed E-state index contributed by atoms with van der Waals surface area (Å²) >= 11 is 0. The highest BCUT2D eigenvalue weighted by Crippen LogP contribution is 2.20. The Hall–Kier alpha value is -2.36. The number of amides is 1. The Balaban J connectivity index is 1.71. The summed E-state index contributed by atoms with van der Waals surface area (Å²) in [5.74, 6) is -1.43. The predicted octanol–water partition coefficient (Wildman–Crippen LogP) is 1.21. The molecule has 0 spiro atoms. The minimum absolute atomic E-state index is 0.108. The maximum Gasteiger partial charge on any atom is 0.254 e. The molecule has 0 atom stereocenters. The predicted molar refractivity (Wildman–Crippen MR) is 96.3 cm³/mol. The number of pyridine rings is 1. The van der Waals surface area contributed by atoms with Crippen LogP contribution in [-0.2, 0) is 21.2 Å². The van der Waals surface area contributed by atoms with Gasteiger partial charge in [-0.1, -0.05) is 6.07 Å². The Morgan fingerprint density at radius 1 is 1.26 bits per heavy atom. The first-order valence-electron chi connectivity index (χ1n) is 8.53. The average molecular weight is 393 g/mol. The molecular formula is C18H20FN3O4S. The van der Waals surface area contributed by atoms with Crippen molar-refractivity contribution in [3.05, 3.63) is 59.7 Å². The second-order valence-electron chi connectivity index (χ2n) is 6.03. The number of rotatable bonds is 6. The van der Waals surface area contributed by atoms with Gasteiger partial charge in [-0.2, -0.15) is 4.31 Å². The van der Waals surface area contributed by atoms with Crippen molar-refractivity contribution in [3.8, 4) is 0 Å². The van der Waals surface area contributed by atoms with Gasteiger partial charge in [-0.05, 0) is 36.2 Å². The molecule has 0 aliphatic carbocycles. The highest BCUT2D eigenvalue weighted by Gasteiger charge is 2.27. The Labute approximate surface area is 157 Å². The highest BCUT2D eigenvalue weighted by molar-refractivity contribution is 7.89. The van der Waals surface area contributed by atoms with E-state index in [0.29, 0.717) is 19.6 Å². The number of nitrogens with zero attached hydrogens (tertiary/aromatic N) is 2. The fourth-order valence-electron chi connectivity index (χ4n) is 2.74. The second kappa shape index (κ2) is 8.55. The van der Waals surface area contributed by atoms with Crippen LogP contribution in [0, 0.1) is 5.82 Å². The lowest BCUT2D eigenvalue weighted by Gasteiger charge is -2.26. The number of ether oxygens (including phenoxy) is 1. The van der Waals surface area contributed by atoms with Gasteiger partial charge in [0.15, 0.2) is 0 Å². The van der Waals surface area contributed by atoms with Gasteiger partial charge < -0.3 is 10.1 Å². The van der Waals surface area contributed by atoms with E-state index in [-0.39, 0.29) is 30.1 Å². The van der Waals surface area contributed by atoms with Crippen LogP contribution in [0.25, 0.3) is 0 Å². The number of hydrogen-bond donors (Lipinski definition) is 1. The first-order chi connectivity index (χ1) is 13.0. The molecule has 0 unspecified atom stereocenters. The molecule has 3 rings (SSSR count). The van der Waals surface area contributed by atoms with E-state index in [9.17, 15) is 17.6 Å². The lowest BCUT2D eigenvalue weighted by Crippen LogP contribution is -2.40. The molecule has 1 aliphatic rings. The van der Waals surface area contributed by atoms with Gasteiger partial charge in [0.2, 0.25) is 10.0 Å². The molecule has 7 nitrogen and oxygen atoms in total. The summed E-state index contributed by atoms with van der Waals surface area (Å²) in [6, 6.07) is 6.92. The van der Waals surface area contributed by atoms with Crippen LogP contribution in [-0.4, -0.2) is 56.5 Å². The summed E-state index contributed by atoms with van der Waals surface area (Å²) in [6.07, 6.45) is 3.87. The lowest BCUT2D eigenvalue weighted by molar-refractivity contribution is 0.0730. The Morgan fingerprint density at radius 2 is 2.04 bits per heavy atom. The molecule has 1 saturated heterocycles. The first kappa shape index (κ1) is 19.4. The van der Waals surface area contributed by atoms with Crippen molar-refractivity contribution in [2.75, 3.05) is 32.8 Å². The van der Waals surface area contributed by atoms with E-state index >= 15 is 0 Å². The first-order valence-corrected chi connectivity index (χ1v) is 9.97. The molecule has 2 heterocycles. The third-order valence-corrected chi connectivity index (χ3v) is 6.11. The standard InChI is InChI=1S/C18H20FN3O4S/c19-17-4-3-15(27(24,25)22-8-10-26-11-9-22)12-16(17)18(23)21-7-5-14-2-1-6-20-13-14/h1-4,6,12-13H,5,7-11H2,(H,21,23).